The summed E-state index contributed by atoms with van der Waals surface area (Å²) in [5.74, 6) is -0.459. The first kappa shape index (κ1) is 15.2. The van der Waals surface area contributed by atoms with Crippen LogP contribution in [0.1, 0.15) is 41.1 Å². The van der Waals surface area contributed by atoms with Gasteiger partial charge in [0.05, 0.1) is 0 Å². The molecular formula is C15H17N3O2S. The molecule has 0 spiro atoms. The van der Waals surface area contributed by atoms with Gasteiger partial charge in [-0.1, -0.05) is 25.1 Å². The summed E-state index contributed by atoms with van der Waals surface area (Å²) in [6, 6.07) is 8.97. The van der Waals surface area contributed by atoms with Crippen LogP contribution in [0.5, 0.6) is 0 Å². The Bertz CT molecular complexity index is 625. The maximum Gasteiger partial charge on any atom is 0.271 e. The predicted octanol–water partition coefficient (Wildman–Crippen LogP) is 2.92. The monoisotopic (exact) mass is 303 g/mol. The Hall–Kier alpha value is -2.21. The van der Waals surface area contributed by atoms with Crippen LogP contribution in [0.15, 0.2) is 35.7 Å². The maximum atomic E-state index is 12.0. The van der Waals surface area contributed by atoms with Crippen molar-refractivity contribution in [3.05, 3.63) is 47.0 Å². The van der Waals surface area contributed by atoms with E-state index in [1.807, 2.05) is 19.9 Å². The Labute approximate surface area is 127 Å². The average Bonchev–Trinajstić information content (AvgIpc) is 2.96. The molecule has 1 aromatic carbocycles. The molecule has 2 aromatic rings. The molecule has 0 fully saturated rings. The Morgan fingerprint density at radius 2 is 1.95 bits per heavy atom. The third-order valence-corrected chi connectivity index (χ3v) is 3.74. The molecule has 2 N–H and O–H groups in total. The molecule has 5 nitrogen and oxygen atoms in total. The second kappa shape index (κ2) is 6.99. The molecule has 0 aliphatic rings. The number of benzene rings is 1. The van der Waals surface area contributed by atoms with Gasteiger partial charge in [0, 0.05) is 17.0 Å². The minimum Gasteiger partial charge on any atom is -0.348 e. The highest BCUT2D eigenvalue weighted by atomic mass is 32.1. The number of carbonyl (C=O) groups excluding carboxylic acids is 2. The summed E-state index contributed by atoms with van der Waals surface area (Å²) < 4.78 is 0. The second-order valence-corrected chi connectivity index (χ2v) is 5.50. The molecule has 1 aromatic heterocycles. The summed E-state index contributed by atoms with van der Waals surface area (Å²) in [5, 5.41) is 7.58. The number of aromatic nitrogens is 1. The van der Waals surface area contributed by atoms with Crippen molar-refractivity contribution in [3.63, 3.8) is 0 Å². The van der Waals surface area contributed by atoms with Crippen LogP contribution in [0.4, 0.5) is 5.13 Å². The fraction of sp³-hybridized carbons (Fsp3) is 0.267. The molecular weight excluding hydrogens is 286 g/mol. The van der Waals surface area contributed by atoms with Gasteiger partial charge >= 0.3 is 0 Å². The van der Waals surface area contributed by atoms with Gasteiger partial charge in [0.2, 0.25) is 0 Å². The lowest BCUT2D eigenvalue weighted by molar-refractivity contribution is 0.0933. The topological polar surface area (TPSA) is 71.1 Å². The largest absolute Gasteiger partial charge is 0.348 e. The first-order valence-corrected chi connectivity index (χ1v) is 7.61. The summed E-state index contributed by atoms with van der Waals surface area (Å²) in [7, 11) is 0. The molecule has 110 valence electrons. The van der Waals surface area contributed by atoms with Crippen molar-refractivity contribution < 1.29 is 9.59 Å². The molecule has 0 saturated heterocycles. The summed E-state index contributed by atoms with van der Waals surface area (Å²) in [5.41, 5.74) is 0.877. The highest BCUT2D eigenvalue weighted by Crippen LogP contribution is 2.16. The van der Waals surface area contributed by atoms with E-state index in [0.717, 1.165) is 6.42 Å². The van der Waals surface area contributed by atoms with Crippen LogP contribution in [0.25, 0.3) is 0 Å². The van der Waals surface area contributed by atoms with E-state index in [0.29, 0.717) is 16.4 Å². The summed E-state index contributed by atoms with van der Waals surface area (Å²) in [4.78, 5) is 28.0. The highest BCUT2D eigenvalue weighted by molar-refractivity contribution is 7.14. The first-order valence-electron chi connectivity index (χ1n) is 6.73. The molecule has 0 saturated carbocycles. The fourth-order valence-electron chi connectivity index (χ4n) is 1.59. The number of hydrogen-bond acceptors (Lipinski definition) is 4. The lowest BCUT2D eigenvalue weighted by Gasteiger charge is -2.09. The number of hydrogen-bond donors (Lipinski definition) is 2. The summed E-state index contributed by atoms with van der Waals surface area (Å²) in [6.07, 6.45) is 0.855. The van der Waals surface area contributed by atoms with Crippen LogP contribution in [0.2, 0.25) is 0 Å². The molecule has 1 heterocycles. The number of nitrogens with one attached hydrogen (secondary N) is 2. The van der Waals surface area contributed by atoms with Crippen LogP contribution >= 0.6 is 11.3 Å². The number of nitrogens with zero attached hydrogens (tertiary/aromatic N) is 1. The molecule has 1 unspecified atom stereocenters. The number of carbonyl (C=O) groups is 2. The van der Waals surface area contributed by atoms with Crippen LogP contribution in [-0.2, 0) is 0 Å². The average molecular weight is 303 g/mol. The van der Waals surface area contributed by atoms with Crippen molar-refractivity contribution in [2.45, 2.75) is 26.3 Å². The van der Waals surface area contributed by atoms with Crippen molar-refractivity contribution in [3.8, 4) is 0 Å². The normalized spacial score (nSPS) is 11.7. The van der Waals surface area contributed by atoms with E-state index in [4.69, 9.17) is 0 Å². The van der Waals surface area contributed by atoms with Gasteiger partial charge in [-0.2, -0.15) is 0 Å². The zero-order valence-electron chi connectivity index (χ0n) is 11.9. The minimum atomic E-state index is -0.237. The number of rotatable bonds is 5. The maximum absolute atomic E-state index is 12.0. The SMILES string of the molecule is CCC(C)NC(=O)c1csc(NC(=O)c2ccccc2)n1. The Balaban J connectivity index is 2.00. The lowest BCUT2D eigenvalue weighted by atomic mass is 10.2. The van der Waals surface area contributed by atoms with E-state index < -0.39 is 0 Å². The molecule has 0 bridgehead atoms. The van der Waals surface area contributed by atoms with Crippen molar-refractivity contribution in [1.29, 1.82) is 0 Å². The lowest BCUT2D eigenvalue weighted by Crippen LogP contribution is -2.32. The first-order chi connectivity index (χ1) is 10.1. The zero-order chi connectivity index (χ0) is 15.2. The van der Waals surface area contributed by atoms with Crippen LogP contribution in [-0.4, -0.2) is 22.8 Å². The molecule has 0 aliphatic carbocycles. The molecule has 2 amide bonds. The highest BCUT2D eigenvalue weighted by Gasteiger charge is 2.14. The third kappa shape index (κ3) is 4.13. The van der Waals surface area contributed by atoms with Crippen molar-refractivity contribution >= 4 is 28.3 Å². The molecule has 6 heteroatoms. The summed E-state index contributed by atoms with van der Waals surface area (Å²) in [6.45, 7) is 3.93. The van der Waals surface area contributed by atoms with Crippen molar-refractivity contribution in [2.24, 2.45) is 0 Å². The minimum absolute atomic E-state index is 0.0987. The Kier molecular flexibility index (Phi) is 5.05. The Morgan fingerprint density at radius 1 is 1.24 bits per heavy atom. The zero-order valence-corrected chi connectivity index (χ0v) is 12.7. The van der Waals surface area contributed by atoms with Crippen molar-refractivity contribution in [1.82, 2.24) is 10.3 Å². The van der Waals surface area contributed by atoms with Gasteiger partial charge in [-0.05, 0) is 25.5 Å². The van der Waals surface area contributed by atoms with Crippen molar-refractivity contribution in [2.75, 3.05) is 5.32 Å². The van der Waals surface area contributed by atoms with Gasteiger partial charge in [-0.15, -0.1) is 11.3 Å². The van der Waals surface area contributed by atoms with Gasteiger partial charge in [0.1, 0.15) is 5.69 Å². The van der Waals surface area contributed by atoms with E-state index in [1.54, 1.807) is 29.6 Å². The third-order valence-electron chi connectivity index (χ3n) is 2.98. The van der Waals surface area contributed by atoms with E-state index in [2.05, 4.69) is 15.6 Å². The number of thiazole rings is 1. The second-order valence-electron chi connectivity index (χ2n) is 4.64. The van der Waals surface area contributed by atoms with Gasteiger partial charge in [-0.3, -0.25) is 14.9 Å². The molecule has 2 rings (SSSR count). The van der Waals surface area contributed by atoms with E-state index in [1.165, 1.54) is 11.3 Å². The number of anilines is 1. The quantitative estimate of drug-likeness (QED) is 0.892. The number of amides is 2. The van der Waals surface area contributed by atoms with Gasteiger partial charge < -0.3 is 5.32 Å². The van der Waals surface area contributed by atoms with Gasteiger partial charge in [0.15, 0.2) is 5.13 Å². The predicted molar refractivity (Wildman–Crippen MR) is 83.7 cm³/mol. The van der Waals surface area contributed by atoms with Gasteiger partial charge in [-0.25, -0.2) is 4.98 Å². The molecule has 0 aliphatic heterocycles. The van der Waals surface area contributed by atoms with E-state index >= 15 is 0 Å². The van der Waals surface area contributed by atoms with E-state index in [9.17, 15) is 9.59 Å². The molecule has 21 heavy (non-hydrogen) atoms. The van der Waals surface area contributed by atoms with Crippen LogP contribution in [0.3, 0.4) is 0 Å². The van der Waals surface area contributed by atoms with E-state index in [-0.39, 0.29) is 17.9 Å². The smallest absolute Gasteiger partial charge is 0.271 e. The fourth-order valence-corrected chi connectivity index (χ4v) is 2.28. The van der Waals surface area contributed by atoms with Crippen LogP contribution < -0.4 is 10.6 Å². The standard InChI is InChI=1S/C15H17N3O2S/c1-3-10(2)16-14(20)12-9-21-15(17-12)18-13(19)11-7-5-4-6-8-11/h4-10H,3H2,1-2H3,(H,16,20)(H,17,18,19). The Morgan fingerprint density at radius 3 is 2.62 bits per heavy atom. The molecule has 1 atom stereocenters. The summed E-state index contributed by atoms with van der Waals surface area (Å²) >= 11 is 1.23. The van der Waals surface area contributed by atoms with Crippen LogP contribution in [0, 0.1) is 0 Å². The van der Waals surface area contributed by atoms with Gasteiger partial charge in [0.25, 0.3) is 11.8 Å². The molecule has 0 radical (unpaired) electrons.